The minimum absolute atomic E-state index is 0.0288. The van der Waals surface area contributed by atoms with E-state index >= 15 is 0 Å². The highest BCUT2D eigenvalue weighted by atomic mass is 16.3. The van der Waals surface area contributed by atoms with Crippen LogP contribution in [0.3, 0.4) is 0 Å². The molecule has 5 heteroatoms. The first-order chi connectivity index (χ1) is 21.1. The Morgan fingerprint density at radius 2 is 0.953 bits per heavy atom. The monoisotopic (exact) mass is 610 g/mol. The third kappa shape index (κ3) is 29.6. The van der Waals surface area contributed by atoms with E-state index in [1.807, 2.05) is 0 Å². The molecule has 0 saturated carbocycles. The van der Waals surface area contributed by atoms with Gasteiger partial charge in [0.25, 0.3) is 0 Å². The largest absolute Gasteiger partial charge is 0.395 e. The molecule has 3 N–H and O–H groups in total. The van der Waals surface area contributed by atoms with Crippen LogP contribution in [0.5, 0.6) is 0 Å². The van der Waals surface area contributed by atoms with Crippen molar-refractivity contribution in [2.45, 2.75) is 206 Å². The molecule has 43 heavy (non-hydrogen) atoms. The molecule has 2 atom stereocenters. The first-order valence-electron chi connectivity index (χ1n) is 19.0. The zero-order valence-electron chi connectivity index (χ0n) is 28.9. The summed E-state index contributed by atoms with van der Waals surface area (Å²) in [6.45, 7) is 4.72. The second-order valence-electron chi connectivity index (χ2n) is 13.1. The van der Waals surface area contributed by atoms with Gasteiger partial charge in [-0.25, -0.2) is 0 Å². The molecular weight excluding hydrogens is 534 g/mol. The molecule has 0 aromatic carbocycles. The van der Waals surface area contributed by atoms with Crippen LogP contribution >= 0.6 is 0 Å². The van der Waals surface area contributed by atoms with Gasteiger partial charge in [-0.2, -0.15) is 0 Å². The molecule has 0 aromatic rings. The van der Waals surface area contributed by atoms with Crippen LogP contribution in [0.2, 0.25) is 0 Å². The van der Waals surface area contributed by atoms with Crippen molar-refractivity contribution in [2.75, 3.05) is 19.7 Å². The molecule has 1 amide bonds. The number of aliphatic hydroxyl groups excluding tert-OH is 3. The fraction of sp³-hybridized carbons (Fsp3) is 0.921. The van der Waals surface area contributed by atoms with Gasteiger partial charge in [0, 0.05) is 19.5 Å². The lowest BCUT2D eigenvalue weighted by Gasteiger charge is -2.27. The minimum atomic E-state index is -0.957. The van der Waals surface area contributed by atoms with Crippen LogP contribution in [0.4, 0.5) is 0 Å². The molecule has 0 aliphatic rings. The van der Waals surface area contributed by atoms with Gasteiger partial charge < -0.3 is 20.2 Å². The van der Waals surface area contributed by atoms with E-state index in [1.165, 1.54) is 133 Å². The second-order valence-corrected chi connectivity index (χ2v) is 13.1. The first-order valence-corrected chi connectivity index (χ1v) is 19.0. The fourth-order valence-electron chi connectivity index (χ4n) is 5.85. The third-order valence-corrected chi connectivity index (χ3v) is 8.83. The Kier molecular flexibility index (Phi) is 33.3. The molecular formula is C38H75NO4. The van der Waals surface area contributed by atoms with E-state index in [-0.39, 0.29) is 25.6 Å². The lowest BCUT2D eigenvalue weighted by atomic mass is 10.0. The highest BCUT2D eigenvalue weighted by molar-refractivity contribution is 5.76. The normalized spacial score (nSPS) is 13.1. The van der Waals surface area contributed by atoms with Gasteiger partial charge in [0.05, 0.1) is 18.8 Å². The van der Waals surface area contributed by atoms with Crippen molar-refractivity contribution in [3.63, 3.8) is 0 Å². The molecule has 0 rings (SSSR count). The summed E-state index contributed by atoms with van der Waals surface area (Å²) in [5, 5.41) is 30.4. The maximum atomic E-state index is 12.7. The number of hydrogen-bond donors (Lipinski definition) is 3. The SMILES string of the molecule is CCCCCCCCC=CCCCCCCCC(=O)N(CCO)CC(O)C(O)CCCCCCCCCCCCCCC. The van der Waals surface area contributed by atoms with E-state index in [0.29, 0.717) is 12.8 Å². The Morgan fingerprint density at radius 3 is 1.40 bits per heavy atom. The van der Waals surface area contributed by atoms with Gasteiger partial charge >= 0.3 is 0 Å². The lowest BCUT2D eigenvalue weighted by Crippen LogP contribution is -2.43. The fourth-order valence-corrected chi connectivity index (χ4v) is 5.85. The number of allylic oxidation sites excluding steroid dienone is 2. The van der Waals surface area contributed by atoms with Crippen molar-refractivity contribution < 1.29 is 20.1 Å². The number of nitrogens with zero attached hydrogens (tertiary/aromatic N) is 1. The molecule has 5 nitrogen and oxygen atoms in total. The zero-order chi connectivity index (χ0) is 31.6. The van der Waals surface area contributed by atoms with Crippen LogP contribution in [0.15, 0.2) is 12.2 Å². The Hall–Kier alpha value is -0.910. The number of carbonyl (C=O) groups is 1. The van der Waals surface area contributed by atoms with Gasteiger partial charge in [-0.1, -0.05) is 161 Å². The summed E-state index contributed by atoms with van der Waals surface area (Å²) >= 11 is 0. The average molecular weight is 610 g/mol. The molecule has 0 radical (unpaired) electrons. The van der Waals surface area contributed by atoms with Gasteiger partial charge in [-0.3, -0.25) is 4.79 Å². The molecule has 0 heterocycles. The number of unbranched alkanes of at least 4 members (excludes halogenated alkanes) is 23. The van der Waals surface area contributed by atoms with Crippen molar-refractivity contribution in [1.82, 2.24) is 4.90 Å². The summed E-state index contributed by atoms with van der Waals surface area (Å²) in [5.74, 6) is -0.0288. The van der Waals surface area contributed by atoms with Gasteiger partial charge in [-0.05, 0) is 38.5 Å². The van der Waals surface area contributed by atoms with Gasteiger partial charge in [0.1, 0.15) is 0 Å². The van der Waals surface area contributed by atoms with E-state index in [9.17, 15) is 20.1 Å². The number of rotatable bonds is 34. The van der Waals surface area contributed by atoms with Crippen molar-refractivity contribution in [3.05, 3.63) is 12.2 Å². The van der Waals surface area contributed by atoms with Gasteiger partial charge in [0.15, 0.2) is 0 Å². The second kappa shape index (κ2) is 34.0. The molecule has 0 fully saturated rings. The number of amides is 1. The molecule has 0 spiro atoms. The standard InChI is InChI=1S/C38H75NO4/c1-3-5-7-9-11-13-15-17-18-20-22-24-26-28-30-32-38(43)39(33-34-40)35-37(42)36(41)31-29-27-25-23-21-19-16-14-12-10-8-6-4-2/h17-18,36-37,40-42H,3-16,19-35H2,1-2H3. The van der Waals surface area contributed by atoms with Crippen LogP contribution in [0.25, 0.3) is 0 Å². The van der Waals surface area contributed by atoms with Crippen molar-refractivity contribution in [2.24, 2.45) is 0 Å². The highest BCUT2D eigenvalue weighted by Crippen LogP contribution is 2.15. The Labute approximate surface area is 268 Å². The van der Waals surface area contributed by atoms with Crippen molar-refractivity contribution in [3.8, 4) is 0 Å². The smallest absolute Gasteiger partial charge is 0.222 e. The quantitative estimate of drug-likeness (QED) is 0.0501. The Balaban J connectivity index is 3.81. The lowest BCUT2D eigenvalue weighted by molar-refractivity contribution is -0.134. The first kappa shape index (κ1) is 42.1. The topological polar surface area (TPSA) is 81.0 Å². The van der Waals surface area contributed by atoms with E-state index in [2.05, 4.69) is 26.0 Å². The Bertz CT molecular complexity index is 596. The van der Waals surface area contributed by atoms with E-state index in [1.54, 1.807) is 0 Å². The summed E-state index contributed by atoms with van der Waals surface area (Å²) < 4.78 is 0. The molecule has 256 valence electrons. The summed E-state index contributed by atoms with van der Waals surface area (Å²) in [5.41, 5.74) is 0. The zero-order valence-corrected chi connectivity index (χ0v) is 28.9. The van der Waals surface area contributed by atoms with Gasteiger partial charge in [0.2, 0.25) is 5.91 Å². The number of aliphatic hydroxyl groups is 3. The van der Waals surface area contributed by atoms with Gasteiger partial charge in [-0.15, -0.1) is 0 Å². The molecule has 2 unspecified atom stereocenters. The molecule has 0 aliphatic heterocycles. The molecule has 0 aliphatic carbocycles. The van der Waals surface area contributed by atoms with Crippen LogP contribution in [0, 0.1) is 0 Å². The van der Waals surface area contributed by atoms with Crippen molar-refractivity contribution in [1.29, 1.82) is 0 Å². The molecule has 0 saturated heterocycles. The van der Waals surface area contributed by atoms with E-state index in [0.717, 1.165) is 38.5 Å². The minimum Gasteiger partial charge on any atom is -0.395 e. The Morgan fingerprint density at radius 1 is 0.558 bits per heavy atom. The number of hydrogen-bond acceptors (Lipinski definition) is 4. The summed E-state index contributed by atoms with van der Waals surface area (Å²) in [6.07, 6.45) is 36.5. The van der Waals surface area contributed by atoms with Crippen molar-refractivity contribution >= 4 is 5.91 Å². The predicted molar refractivity (Wildman–Crippen MR) is 185 cm³/mol. The van der Waals surface area contributed by atoms with Crippen LogP contribution in [0.1, 0.15) is 194 Å². The van der Waals surface area contributed by atoms with Crippen LogP contribution < -0.4 is 0 Å². The third-order valence-electron chi connectivity index (χ3n) is 8.83. The number of carbonyl (C=O) groups excluding carboxylic acids is 1. The molecule has 0 aromatic heterocycles. The average Bonchev–Trinajstić information content (AvgIpc) is 3.00. The maximum absolute atomic E-state index is 12.7. The van der Waals surface area contributed by atoms with E-state index in [4.69, 9.17) is 0 Å². The summed E-state index contributed by atoms with van der Waals surface area (Å²) in [7, 11) is 0. The van der Waals surface area contributed by atoms with Crippen LogP contribution in [-0.2, 0) is 4.79 Å². The van der Waals surface area contributed by atoms with E-state index < -0.39 is 12.2 Å². The maximum Gasteiger partial charge on any atom is 0.222 e. The highest BCUT2D eigenvalue weighted by Gasteiger charge is 2.22. The predicted octanol–water partition coefficient (Wildman–Crippen LogP) is 10.0. The van der Waals surface area contributed by atoms with Crippen LogP contribution in [-0.4, -0.2) is 58.0 Å². The summed E-state index contributed by atoms with van der Waals surface area (Å²) in [4.78, 5) is 14.3. The summed E-state index contributed by atoms with van der Waals surface area (Å²) in [6, 6.07) is 0. The molecule has 0 bridgehead atoms.